The van der Waals surface area contributed by atoms with Crippen LogP contribution in [0.5, 0.6) is 0 Å². The van der Waals surface area contributed by atoms with Crippen molar-refractivity contribution in [1.82, 2.24) is 10.6 Å². The van der Waals surface area contributed by atoms with Gasteiger partial charge in [-0.15, -0.1) is 0 Å². The second kappa shape index (κ2) is 5.03. The van der Waals surface area contributed by atoms with Gasteiger partial charge in [0.05, 0.1) is 5.70 Å². The highest BCUT2D eigenvalue weighted by molar-refractivity contribution is 5.88. The number of carbonyl (C=O) groups excluding carboxylic acids is 2. The van der Waals surface area contributed by atoms with Crippen molar-refractivity contribution in [1.29, 1.82) is 0 Å². The molecule has 1 saturated carbocycles. The molecule has 1 aliphatic rings. The molecule has 4 N–H and O–H groups in total. The molecule has 1 aliphatic carbocycles. The van der Waals surface area contributed by atoms with Crippen LogP contribution in [-0.2, 0) is 9.59 Å². The van der Waals surface area contributed by atoms with E-state index >= 15 is 0 Å². The van der Waals surface area contributed by atoms with Crippen molar-refractivity contribution >= 4 is 11.8 Å². The van der Waals surface area contributed by atoms with E-state index in [1.54, 1.807) is 0 Å². The number of hydrogen-bond acceptors (Lipinski definition) is 3. The molecule has 1 rings (SSSR count). The second-order valence-corrected chi connectivity index (χ2v) is 4.24. The zero-order valence-electron chi connectivity index (χ0n) is 10.2. The molecule has 5 nitrogen and oxygen atoms in total. The SMILES string of the molecule is C=C(/C=C(/NC(C)=O)C(=C)F)NC1(C(N)=O)CC1. The van der Waals surface area contributed by atoms with E-state index in [1.165, 1.54) is 13.0 Å². The number of nitrogens with one attached hydrogen (secondary N) is 2. The fourth-order valence-corrected chi connectivity index (χ4v) is 1.45. The first-order chi connectivity index (χ1) is 8.27. The van der Waals surface area contributed by atoms with Gasteiger partial charge < -0.3 is 16.4 Å². The first kappa shape index (κ1) is 14.0. The molecule has 0 atom stereocenters. The Labute approximate surface area is 105 Å². The smallest absolute Gasteiger partial charge is 0.243 e. The number of nitrogens with two attached hydrogens (primary N) is 1. The Morgan fingerprint density at radius 2 is 1.94 bits per heavy atom. The Morgan fingerprint density at radius 3 is 2.28 bits per heavy atom. The second-order valence-electron chi connectivity index (χ2n) is 4.24. The van der Waals surface area contributed by atoms with E-state index in [4.69, 9.17) is 5.73 Å². The van der Waals surface area contributed by atoms with E-state index < -0.39 is 23.2 Å². The summed E-state index contributed by atoms with van der Waals surface area (Å²) in [5.41, 5.74) is 4.63. The van der Waals surface area contributed by atoms with Crippen LogP contribution in [0.15, 0.2) is 36.5 Å². The first-order valence-corrected chi connectivity index (χ1v) is 5.38. The number of halogens is 1. The normalized spacial score (nSPS) is 16.7. The van der Waals surface area contributed by atoms with Gasteiger partial charge in [0, 0.05) is 12.6 Å². The number of carbonyl (C=O) groups is 2. The predicted octanol–water partition coefficient (Wildman–Crippen LogP) is 0.611. The van der Waals surface area contributed by atoms with E-state index in [9.17, 15) is 14.0 Å². The zero-order chi connectivity index (χ0) is 13.9. The van der Waals surface area contributed by atoms with Crippen LogP contribution in [0.4, 0.5) is 4.39 Å². The summed E-state index contributed by atoms with van der Waals surface area (Å²) in [6.07, 6.45) is 2.50. The highest BCUT2D eigenvalue weighted by Crippen LogP contribution is 2.35. The van der Waals surface area contributed by atoms with Crippen LogP contribution in [-0.4, -0.2) is 17.4 Å². The fraction of sp³-hybridized carbons (Fsp3) is 0.333. The number of hydrogen-bond donors (Lipinski definition) is 3. The first-order valence-electron chi connectivity index (χ1n) is 5.38. The molecule has 0 spiro atoms. The Kier molecular flexibility index (Phi) is 3.90. The van der Waals surface area contributed by atoms with E-state index in [2.05, 4.69) is 23.8 Å². The highest BCUT2D eigenvalue weighted by atomic mass is 19.1. The fourth-order valence-electron chi connectivity index (χ4n) is 1.45. The lowest BCUT2D eigenvalue weighted by Gasteiger charge is -2.15. The summed E-state index contributed by atoms with van der Waals surface area (Å²) in [7, 11) is 0. The summed E-state index contributed by atoms with van der Waals surface area (Å²) in [5.74, 6) is -1.70. The van der Waals surface area contributed by atoms with Gasteiger partial charge in [0.15, 0.2) is 0 Å². The molecule has 0 aromatic heterocycles. The Bertz CT molecular complexity index is 450. The van der Waals surface area contributed by atoms with Gasteiger partial charge in [-0.2, -0.15) is 0 Å². The van der Waals surface area contributed by atoms with Gasteiger partial charge in [-0.05, 0) is 18.9 Å². The van der Waals surface area contributed by atoms with Crippen molar-refractivity contribution in [3.8, 4) is 0 Å². The third-order valence-electron chi connectivity index (χ3n) is 2.54. The van der Waals surface area contributed by atoms with Gasteiger partial charge in [-0.25, -0.2) is 4.39 Å². The molecule has 0 unspecified atom stereocenters. The maximum absolute atomic E-state index is 13.1. The van der Waals surface area contributed by atoms with Crippen LogP contribution < -0.4 is 16.4 Å². The summed E-state index contributed by atoms with van der Waals surface area (Å²) in [5, 5.41) is 5.10. The lowest BCUT2D eigenvalue weighted by molar-refractivity contribution is -0.121. The maximum atomic E-state index is 13.1. The molecule has 0 saturated heterocycles. The molecule has 18 heavy (non-hydrogen) atoms. The largest absolute Gasteiger partial charge is 0.372 e. The van der Waals surface area contributed by atoms with Crippen molar-refractivity contribution < 1.29 is 14.0 Å². The number of allylic oxidation sites excluding steroid dienone is 2. The Balaban J connectivity index is 2.74. The molecule has 0 heterocycles. The molecule has 2 amide bonds. The minimum Gasteiger partial charge on any atom is -0.372 e. The summed E-state index contributed by atoms with van der Waals surface area (Å²) < 4.78 is 13.1. The van der Waals surface area contributed by atoms with Crippen LogP contribution in [0.25, 0.3) is 0 Å². The molecule has 0 aliphatic heterocycles. The summed E-state index contributed by atoms with van der Waals surface area (Å²) in [6.45, 7) is 7.98. The number of rotatable bonds is 6. The van der Waals surface area contributed by atoms with E-state index in [1.807, 2.05) is 0 Å². The molecule has 0 aromatic rings. The molecule has 1 fully saturated rings. The summed E-state index contributed by atoms with van der Waals surface area (Å²) in [4.78, 5) is 22.0. The molecule has 0 radical (unpaired) electrons. The van der Waals surface area contributed by atoms with Gasteiger partial charge in [0.25, 0.3) is 0 Å². The monoisotopic (exact) mass is 253 g/mol. The Hall–Kier alpha value is -2.11. The third-order valence-corrected chi connectivity index (χ3v) is 2.54. The number of amides is 2. The predicted molar refractivity (Wildman–Crippen MR) is 65.6 cm³/mol. The Morgan fingerprint density at radius 1 is 1.39 bits per heavy atom. The van der Waals surface area contributed by atoms with Crippen molar-refractivity contribution in [2.75, 3.05) is 0 Å². The van der Waals surface area contributed by atoms with Gasteiger partial charge in [-0.3, -0.25) is 9.59 Å². The van der Waals surface area contributed by atoms with Gasteiger partial charge in [0.2, 0.25) is 11.8 Å². The third kappa shape index (κ3) is 3.44. The van der Waals surface area contributed by atoms with Gasteiger partial charge in [-0.1, -0.05) is 13.2 Å². The minimum absolute atomic E-state index is 0.0970. The van der Waals surface area contributed by atoms with Crippen molar-refractivity contribution in [2.24, 2.45) is 5.73 Å². The number of primary amides is 1. The van der Waals surface area contributed by atoms with Crippen molar-refractivity contribution in [2.45, 2.75) is 25.3 Å². The highest BCUT2D eigenvalue weighted by Gasteiger charge is 2.48. The van der Waals surface area contributed by atoms with Crippen LogP contribution in [0.2, 0.25) is 0 Å². The standard InChI is InChI=1S/C12H16FN3O2/c1-7(16-12(4-5-12)11(14)18)6-10(8(2)13)15-9(3)17/h6,16H,1-2,4-5H2,3H3,(H2,14,18)(H,15,17)/b10-6+. The van der Waals surface area contributed by atoms with Crippen LogP contribution in [0.3, 0.4) is 0 Å². The molecule has 6 heteroatoms. The molecule has 0 aromatic carbocycles. The van der Waals surface area contributed by atoms with Crippen LogP contribution >= 0.6 is 0 Å². The van der Waals surface area contributed by atoms with Gasteiger partial charge >= 0.3 is 0 Å². The van der Waals surface area contributed by atoms with E-state index in [0.29, 0.717) is 12.8 Å². The topological polar surface area (TPSA) is 84.2 Å². The van der Waals surface area contributed by atoms with Crippen LogP contribution in [0.1, 0.15) is 19.8 Å². The van der Waals surface area contributed by atoms with Gasteiger partial charge in [0.1, 0.15) is 11.4 Å². The molecule has 0 bridgehead atoms. The van der Waals surface area contributed by atoms with Crippen molar-refractivity contribution in [3.63, 3.8) is 0 Å². The average Bonchev–Trinajstić information content (AvgIpc) is 2.96. The zero-order valence-corrected chi connectivity index (χ0v) is 10.2. The lowest BCUT2D eigenvalue weighted by Crippen LogP contribution is -2.42. The maximum Gasteiger partial charge on any atom is 0.243 e. The van der Waals surface area contributed by atoms with Crippen molar-refractivity contribution in [3.05, 3.63) is 36.5 Å². The molecule has 98 valence electrons. The minimum atomic E-state index is -0.794. The quantitative estimate of drug-likeness (QED) is 0.606. The van der Waals surface area contributed by atoms with Crippen LogP contribution in [0, 0.1) is 0 Å². The average molecular weight is 253 g/mol. The summed E-state index contributed by atoms with van der Waals surface area (Å²) in [6, 6.07) is 0. The lowest BCUT2D eigenvalue weighted by atomic mass is 10.2. The van der Waals surface area contributed by atoms with E-state index in [-0.39, 0.29) is 11.4 Å². The summed E-state index contributed by atoms with van der Waals surface area (Å²) >= 11 is 0. The molecular formula is C12H16FN3O2. The van der Waals surface area contributed by atoms with E-state index in [0.717, 1.165) is 0 Å². The molecular weight excluding hydrogens is 237 g/mol.